The van der Waals surface area contributed by atoms with Crippen LogP contribution in [-0.2, 0) is 0 Å². The molecule has 1 fully saturated rings. The number of ether oxygens (including phenoxy) is 1. The average molecular weight is 310 g/mol. The molecule has 0 atom stereocenters. The molecule has 1 aliphatic carbocycles. The molecular weight excluding hydrogens is 288 g/mol. The molecule has 0 aliphatic heterocycles. The lowest BCUT2D eigenvalue weighted by Gasteiger charge is -2.29. The minimum atomic E-state index is 0.0131. The Labute approximate surface area is 136 Å². The first kappa shape index (κ1) is 15.5. The van der Waals surface area contributed by atoms with Crippen molar-refractivity contribution in [3.05, 3.63) is 59.8 Å². The Morgan fingerprint density at radius 3 is 2.48 bits per heavy atom. The van der Waals surface area contributed by atoms with Crippen molar-refractivity contribution in [1.82, 2.24) is 10.3 Å². The second-order valence-electron chi connectivity index (χ2n) is 6.10. The number of benzene rings is 1. The van der Waals surface area contributed by atoms with Gasteiger partial charge in [0.15, 0.2) is 0 Å². The molecule has 4 nitrogen and oxygen atoms in total. The van der Waals surface area contributed by atoms with Gasteiger partial charge >= 0.3 is 0 Å². The fourth-order valence-corrected chi connectivity index (χ4v) is 2.89. The summed E-state index contributed by atoms with van der Waals surface area (Å²) in [6.45, 7) is 2.02. The van der Waals surface area contributed by atoms with E-state index in [1.54, 1.807) is 6.20 Å². The van der Waals surface area contributed by atoms with Gasteiger partial charge in [0.25, 0.3) is 5.91 Å². The van der Waals surface area contributed by atoms with Crippen LogP contribution in [0.2, 0.25) is 0 Å². The number of carbonyl (C=O) groups is 1. The molecule has 1 heterocycles. The van der Waals surface area contributed by atoms with Gasteiger partial charge < -0.3 is 10.1 Å². The zero-order chi connectivity index (χ0) is 16.1. The number of nitrogens with zero attached hydrogens (tertiary/aromatic N) is 1. The van der Waals surface area contributed by atoms with Crippen molar-refractivity contribution in [2.75, 3.05) is 0 Å². The van der Waals surface area contributed by atoms with Gasteiger partial charge in [-0.3, -0.25) is 4.79 Å². The molecule has 0 spiro atoms. The summed E-state index contributed by atoms with van der Waals surface area (Å²) in [6.07, 6.45) is 5.69. The van der Waals surface area contributed by atoms with Crippen molar-refractivity contribution in [2.24, 2.45) is 0 Å². The lowest BCUT2D eigenvalue weighted by Crippen LogP contribution is -2.39. The topological polar surface area (TPSA) is 51.2 Å². The van der Waals surface area contributed by atoms with Crippen LogP contribution < -0.4 is 10.1 Å². The predicted octanol–water partition coefficient (Wildman–Crippen LogP) is 3.51. The number of nitrogens with one attached hydrogen (secondary N) is 1. The summed E-state index contributed by atoms with van der Waals surface area (Å²) >= 11 is 0. The SMILES string of the molecule is Cc1ccc(C(=O)NC2CCC(Oc3ccccn3)CC2)cc1. The van der Waals surface area contributed by atoms with E-state index in [0.29, 0.717) is 5.88 Å². The van der Waals surface area contributed by atoms with E-state index in [9.17, 15) is 4.79 Å². The maximum absolute atomic E-state index is 12.2. The van der Waals surface area contributed by atoms with E-state index in [4.69, 9.17) is 4.74 Å². The second-order valence-corrected chi connectivity index (χ2v) is 6.10. The smallest absolute Gasteiger partial charge is 0.251 e. The molecule has 1 aliphatic rings. The first-order valence-electron chi connectivity index (χ1n) is 8.16. The van der Waals surface area contributed by atoms with Crippen LogP contribution in [0.25, 0.3) is 0 Å². The number of hydrogen-bond acceptors (Lipinski definition) is 3. The van der Waals surface area contributed by atoms with Gasteiger partial charge in [-0.25, -0.2) is 4.98 Å². The number of amides is 1. The summed E-state index contributed by atoms with van der Waals surface area (Å²) in [5, 5.41) is 3.13. The Balaban J connectivity index is 1.47. The molecule has 1 N–H and O–H groups in total. The number of rotatable bonds is 4. The van der Waals surface area contributed by atoms with Gasteiger partial charge in [-0.2, -0.15) is 0 Å². The van der Waals surface area contributed by atoms with E-state index < -0.39 is 0 Å². The highest BCUT2D eigenvalue weighted by Gasteiger charge is 2.24. The Morgan fingerprint density at radius 1 is 1.09 bits per heavy atom. The number of pyridine rings is 1. The summed E-state index contributed by atoms with van der Waals surface area (Å²) in [7, 11) is 0. The fourth-order valence-electron chi connectivity index (χ4n) is 2.89. The van der Waals surface area contributed by atoms with Crippen molar-refractivity contribution in [1.29, 1.82) is 0 Å². The molecule has 120 valence electrons. The maximum atomic E-state index is 12.2. The van der Waals surface area contributed by atoms with Gasteiger partial charge in [0, 0.05) is 23.9 Å². The van der Waals surface area contributed by atoms with Gasteiger partial charge in [0.05, 0.1) is 0 Å². The minimum absolute atomic E-state index is 0.0131. The molecule has 0 unspecified atom stereocenters. The van der Waals surface area contributed by atoms with Crippen LogP contribution >= 0.6 is 0 Å². The highest BCUT2D eigenvalue weighted by atomic mass is 16.5. The predicted molar refractivity (Wildman–Crippen MR) is 89.6 cm³/mol. The second kappa shape index (κ2) is 7.27. The summed E-state index contributed by atoms with van der Waals surface area (Å²) in [4.78, 5) is 16.4. The quantitative estimate of drug-likeness (QED) is 0.940. The van der Waals surface area contributed by atoms with Crippen molar-refractivity contribution in [3.63, 3.8) is 0 Å². The molecule has 1 saturated carbocycles. The van der Waals surface area contributed by atoms with Gasteiger partial charge in [0.1, 0.15) is 6.10 Å². The van der Waals surface area contributed by atoms with E-state index in [2.05, 4.69) is 10.3 Å². The lowest BCUT2D eigenvalue weighted by molar-refractivity contribution is 0.0890. The van der Waals surface area contributed by atoms with Crippen LogP contribution in [0.4, 0.5) is 0 Å². The van der Waals surface area contributed by atoms with Crippen molar-refractivity contribution in [3.8, 4) is 5.88 Å². The molecule has 0 radical (unpaired) electrons. The van der Waals surface area contributed by atoms with Gasteiger partial charge in [-0.05, 0) is 50.8 Å². The van der Waals surface area contributed by atoms with Gasteiger partial charge in [-0.1, -0.05) is 23.8 Å². The van der Waals surface area contributed by atoms with Gasteiger partial charge in [0.2, 0.25) is 5.88 Å². The van der Waals surface area contributed by atoms with Crippen LogP contribution in [0.15, 0.2) is 48.7 Å². The monoisotopic (exact) mass is 310 g/mol. The van der Waals surface area contributed by atoms with Crippen molar-refractivity contribution >= 4 is 5.91 Å². The first-order chi connectivity index (χ1) is 11.2. The Hall–Kier alpha value is -2.36. The normalized spacial score (nSPS) is 20.7. The number of carbonyl (C=O) groups excluding carboxylic acids is 1. The molecule has 1 amide bonds. The summed E-state index contributed by atoms with van der Waals surface area (Å²) < 4.78 is 5.88. The molecule has 0 saturated heterocycles. The largest absolute Gasteiger partial charge is 0.474 e. The molecule has 1 aromatic heterocycles. The van der Waals surface area contributed by atoms with Crippen LogP contribution in [0, 0.1) is 6.92 Å². The van der Waals surface area contributed by atoms with Crippen LogP contribution in [0.3, 0.4) is 0 Å². The third-order valence-corrected chi connectivity index (χ3v) is 4.25. The molecule has 2 aromatic rings. The van der Waals surface area contributed by atoms with E-state index >= 15 is 0 Å². The summed E-state index contributed by atoms with van der Waals surface area (Å²) in [5.41, 5.74) is 1.89. The summed E-state index contributed by atoms with van der Waals surface area (Å²) in [6, 6.07) is 13.6. The Kier molecular flexibility index (Phi) is 4.91. The van der Waals surface area contributed by atoms with Crippen molar-refractivity contribution < 1.29 is 9.53 Å². The molecule has 1 aromatic carbocycles. The highest BCUT2D eigenvalue weighted by molar-refractivity contribution is 5.94. The van der Waals surface area contributed by atoms with E-state index in [-0.39, 0.29) is 18.1 Å². The number of aryl methyl sites for hydroxylation is 1. The average Bonchev–Trinajstić information content (AvgIpc) is 2.58. The van der Waals surface area contributed by atoms with Crippen LogP contribution in [-0.4, -0.2) is 23.0 Å². The first-order valence-corrected chi connectivity index (χ1v) is 8.16. The fraction of sp³-hybridized carbons (Fsp3) is 0.368. The molecule has 4 heteroatoms. The van der Waals surface area contributed by atoms with Crippen molar-refractivity contribution in [2.45, 2.75) is 44.8 Å². The maximum Gasteiger partial charge on any atom is 0.251 e. The van der Waals surface area contributed by atoms with E-state index in [1.807, 2.05) is 49.4 Å². The summed E-state index contributed by atoms with van der Waals surface area (Å²) in [5.74, 6) is 0.693. The zero-order valence-electron chi connectivity index (χ0n) is 13.4. The highest BCUT2D eigenvalue weighted by Crippen LogP contribution is 2.23. The molecule has 0 bridgehead atoms. The molecular formula is C19H22N2O2. The van der Waals surface area contributed by atoms with E-state index in [1.165, 1.54) is 0 Å². The van der Waals surface area contributed by atoms with Gasteiger partial charge in [-0.15, -0.1) is 0 Å². The lowest BCUT2D eigenvalue weighted by atomic mass is 9.92. The Bertz CT molecular complexity index is 632. The number of hydrogen-bond donors (Lipinski definition) is 1. The zero-order valence-corrected chi connectivity index (χ0v) is 13.4. The minimum Gasteiger partial charge on any atom is -0.474 e. The van der Waals surface area contributed by atoms with Crippen LogP contribution in [0.1, 0.15) is 41.6 Å². The standard InChI is InChI=1S/C19H22N2O2/c1-14-5-7-15(8-6-14)19(22)21-16-9-11-17(12-10-16)23-18-4-2-3-13-20-18/h2-8,13,16-17H,9-12H2,1H3,(H,21,22). The number of aromatic nitrogens is 1. The molecule has 23 heavy (non-hydrogen) atoms. The molecule has 3 rings (SSSR count). The van der Waals surface area contributed by atoms with E-state index in [0.717, 1.165) is 36.8 Å². The third-order valence-electron chi connectivity index (χ3n) is 4.25. The third kappa shape index (κ3) is 4.31. The Morgan fingerprint density at radius 2 is 1.83 bits per heavy atom. The van der Waals surface area contributed by atoms with Crippen LogP contribution in [0.5, 0.6) is 5.88 Å².